The third kappa shape index (κ3) is 4.69. The van der Waals surface area contributed by atoms with Crippen LogP contribution in [0.1, 0.15) is 30.0 Å². The highest BCUT2D eigenvalue weighted by molar-refractivity contribution is 5.91. The van der Waals surface area contributed by atoms with Crippen LogP contribution in [0, 0.1) is 18.3 Å². The number of ether oxygens (including phenoxy) is 2. The molecule has 1 amide bonds. The predicted octanol–water partition coefficient (Wildman–Crippen LogP) is 4.58. The number of hydrogen-bond donors (Lipinski definition) is 1. The van der Waals surface area contributed by atoms with Gasteiger partial charge in [0.15, 0.2) is 23.1 Å². The van der Waals surface area contributed by atoms with E-state index >= 15 is 0 Å². The number of carbonyl (C=O) groups is 1. The van der Waals surface area contributed by atoms with Crippen LogP contribution in [0.3, 0.4) is 0 Å². The number of amides is 1. The van der Waals surface area contributed by atoms with E-state index in [0.717, 1.165) is 22.0 Å². The SMILES string of the molecule is CCOc1ccc(CCC(=O)Nc2c(C#N)cnn2-c2cc(C)c3ccccc3n2)cc1OC. The van der Waals surface area contributed by atoms with Crippen LogP contribution in [-0.2, 0) is 11.2 Å². The minimum atomic E-state index is -0.233. The molecule has 0 radical (unpaired) electrons. The zero-order valence-electron chi connectivity index (χ0n) is 19.3. The van der Waals surface area contributed by atoms with E-state index in [-0.39, 0.29) is 17.9 Å². The van der Waals surface area contributed by atoms with Gasteiger partial charge < -0.3 is 14.8 Å². The fraction of sp³-hybridized carbons (Fsp3) is 0.231. The molecule has 0 atom stereocenters. The molecule has 2 aromatic heterocycles. The molecule has 2 heterocycles. The summed E-state index contributed by atoms with van der Waals surface area (Å²) in [4.78, 5) is 17.5. The molecule has 0 fully saturated rings. The molecule has 1 N–H and O–H groups in total. The first-order valence-electron chi connectivity index (χ1n) is 11.0. The number of aryl methyl sites for hydroxylation is 2. The normalized spacial score (nSPS) is 10.6. The number of hydrogen-bond acceptors (Lipinski definition) is 6. The van der Waals surface area contributed by atoms with Gasteiger partial charge in [0, 0.05) is 11.8 Å². The van der Waals surface area contributed by atoms with Crippen molar-refractivity contribution in [3.8, 4) is 23.4 Å². The number of carbonyl (C=O) groups excluding carboxylic acids is 1. The van der Waals surface area contributed by atoms with Gasteiger partial charge in [0.1, 0.15) is 11.6 Å². The number of fused-ring (bicyclic) bond motifs is 1. The van der Waals surface area contributed by atoms with Crippen molar-refractivity contribution >= 4 is 22.6 Å². The summed E-state index contributed by atoms with van der Waals surface area (Å²) in [6, 6.07) is 17.4. The maximum Gasteiger partial charge on any atom is 0.225 e. The van der Waals surface area contributed by atoms with Gasteiger partial charge in [0.25, 0.3) is 0 Å². The Morgan fingerprint density at radius 3 is 2.76 bits per heavy atom. The van der Waals surface area contributed by atoms with Crippen LogP contribution in [0.2, 0.25) is 0 Å². The first kappa shape index (κ1) is 22.8. The lowest BCUT2D eigenvalue weighted by Crippen LogP contribution is -2.17. The van der Waals surface area contributed by atoms with Gasteiger partial charge in [0.2, 0.25) is 5.91 Å². The molecular formula is C26H25N5O3. The Labute approximate surface area is 197 Å². The van der Waals surface area contributed by atoms with Crippen molar-refractivity contribution in [2.75, 3.05) is 19.0 Å². The van der Waals surface area contributed by atoms with Crippen molar-refractivity contribution in [2.45, 2.75) is 26.7 Å². The highest BCUT2D eigenvalue weighted by Gasteiger charge is 2.17. The summed E-state index contributed by atoms with van der Waals surface area (Å²) in [6.07, 6.45) is 2.15. The van der Waals surface area contributed by atoms with E-state index in [1.807, 2.05) is 62.4 Å². The van der Waals surface area contributed by atoms with Crippen LogP contribution >= 0.6 is 0 Å². The molecule has 0 aliphatic heterocycles. The van der Waals surface area contributed by atoms with Gasteiger partial charge in [-0.1, -0.05) is 24.3 Å². The van der Waals surface area contributed by atoms with Crippen LogP contribution in [0.25, 0.3) is 16.7 Å². The molecular weight excluding hydrogens is 430 g/mol. The first-order chi connectivity index (χ1) is 16.5. The number of rotatable bonds is 8. The van der Waals surface area contributed by atoms with Crippen LogP contribution < -0.4 is 14.8 Å². The lowest BCUT2D eigenvalue weighted by atomic mass is 10.1. The van der Waals surface area contributed by atoms with E-state index in [4.69, 9.17) is 9.47 Å². The van der Waals surface area contributed by atoms with E-state index in [9.17, 15) is 10.1 Å². The van der Waals surface area contributed by atoms with E-state index < -0.39 is 0 Å². The maximum absolute atomic E-state index is 12.8. The third-order valence-electron chi connectivity index (χ3n) is 5.44. The van der Waals surface area contributed by atoms with Crippen molar-refractivity contribution in [1.29, 1.82) is 5.26 Å². The fourth-order valence-electron chi connectivity index (χ4n) is 3.76. The molecule has 0 aliphatic rings. The van der Waals surface area contributed by atoms with Gasteiger partial charge in [-0.05, 0) is 55.7 Å². The van der Waals surface area contributed by atoms with Gasteiger partial charge in [0.05, 0.1) is 25.4 Å². The van der Waals surface area contributed by atoms with Crippen LogP contribution in [0.4, 0.5) is 5.82 Å². The molecule has 4 rings (SSSR count). The van der Waals surface area contributed by atoms with Crippen LogP contribution in [0.5, 0.6) is 11.5 Å². The number of nitrogens with one attached hydrogen (secondary N) is 1. The summed E-state index contributed by atoms with van der Waals surface area (Å²) in [5.41, 5.74) is 3.05. The maximum atomic E-state index is 12.8. The van der Waals surface area contributed by atoms with Gasteiger partial charge in [-0.3, -0.25) is 4.79 Å². The summed E-state index contributed by atoms with van der Waals surface area (Å²) in [5.74, 6) is 1.90. The summed E-state index contributed by atoms with van der Waals surface area (Å²) in [7, 11) is 1.58. The molecule has 0 saturated carbocycles. The third-order valence-corrected chi connectivity index (χ3v) is 5.44. The summed E-state index contributed by atoms with van der Waals surface area (Å²) in [5, 5.41) is 17.8. The number of nitriles is 1. The highest BCUT2D eigenvalue weighted by atomic mass is 16.5. The Morgan fingerprint density at radius 2 is 2.00 bits per heavy atom. The molecule has 8 nitrogen and oxygen atoms in total. The van der Waals surface area contributed by atoms with E-state index in [2.05, 4.69) is 21.5 Å². The van der Waals surface area contributed by atoms with Crippen molar-refractivity contribution in [3.63, 3.8) is 0 Å². The van der Waals surface area contributed by atoms with Crippen molar-refractivity contribution in [1.82, 2.24) is 14.8 Å². The van der Waals surface area contributed by atoms with Crippen molar-refractivity contribution in [3.05, 3.63) is 71.4 Å². The average Bonchev–Trinajstić information content (AvgIpc) is 3.26. The molecule has 0 aliphatic carbocycles. The predicted molar refractivity (Wildman–Crippen MR) is 129 cm³/mol. The summed E-state index contributed by atoms with van der Waals surface area (Å²) in [6.45, 7) is 4.44. The summed E-state index contributed by atoms with van der Waals surface area (Å²) >= 11 is 0. The second-order valence-electron chi connectivity index (χ2n) is 7.71. The lowest BCUT2D eigenvalue weighted by molar-refractivity contribution is -0.116. The average molecular weight is 456 g/mol. The first-order valence-corrected chi connectivity index (χ1v) is 11.0. The van der Waals surface area contributed by atoms with E-state index in [1.54, 1.807) is 7.11 Å². The molecule has 34 heavy (non-hydrogen) atoms. The number of aromatic nitrogens is 3. The molecule has 172 valence electrons. The molecule has 0 bridgehead atoms. The number of methoxy groups -OCH3 is 1. The highest BCUT2D eigenvalue weighted by Crippen LogP contribution is 2.29. The number of para-hydroxylation sites is 1. The number of anilines is 1. The molecule has 2 aromatic carbocycles. The largest absolute Gasteiger partial charge is 0.493 e. The van der Waals surface area contributed by atoms with Gasteiger partial charge in [-0.2, -0.15) is 15.0 Å². The zero-order valence-corrected chi connectivity index (χ0v) is 19.3. The van der Waals surface area contributed by atoms with Crippen molar-refractivity contribution in [2.24, 2.45) is 0 Å². The number of nitrogens with zero attached hydrogens (tertiary/aromatic N) is 4. The Balaban J connectivity index is 1.54. The molecule has 0 unspecified atom stereocenters. The number of benzene rings is 2. The van der Waals surface area contributed by atoms with Crippen LogP contribution in [-0.4, -0.2) is 34.4 Å². The quantitative estimate of drug-likeness (QED) is 0.417. The van der Waals surface area contributed by atoms with E-state index in [0.29, 0.717) is 36.2 Å². The lowest BCUT2D eigenvalue weighted by Gasteiger charge is -2.12. The minimum absolute atomic E-state index is 0.220. The Hall–Kier alpha value is -4.38. The molecule has 0 saturated heterocycles. The Kier molecular flexibility index (Phi) is 6.74. The zero-order chi connectivity index (χ0) is 24.1. The topological polar surface area (TPSA) is 102 Å². The van der Waals surface area contributed by atoms with Gasteiger partial charge in [-0.15, -0.1) is 0 Å². The number of pyridine rings is 1. The van der Waals surface area contributed by atoms with E-state index in [1.165, 1.54) is 10.9 Å². The Bertz CT molecular complexity index is 1390. The summed E-state index contributed by atoms with van der Waals surface area (Å²) < 4.78 is 12.4. The molecule has 4 aromatic rings. The van der Waals surface area contributed by atoms with Gasteiger partial charge in [-0.25, -0.2) is 4.98 Å². The molecule has 0 spiro atoms. The second kappa shape index (κ2) is 10.0. The fourth-order valence-corrected chi connectivity index (χ4v) is 3.76. The van der Waals surface area contributed by atoms with Gasteiger partial charge >= 0.3 is 0 Å². The van der Waals surface area contributed by atoms with Crippen LogP contribution in [0.15, 0.2) is 54.7 Å². The monoisotopic (exact) mass is 455 g/mol. The molecule has 8 heteroatoms. The minimum Gasteiger partial charge on any atom is -0.493 e. The van der Waals surface area contributed by atoms with Crippen molar-refractivity contribution < 1.29 is 14.3 Å². The standard InChI is InChI=1S/C26H25N5O3/c1-4-34-22-11-9-18(14-23(22)33-3)10-12-25(32)30-26-19(15-27)16-28-31(26)24-13-17(2)20-7-5-6-8-21(20)29-24/h5-9,11,13-14,16H,4,10,12H2,1-3H3,(H,30,32). The Morgan fingerprint density at radius 1 is 1.18 bits per heavy atom. The second-order valence-corrected chi connectivity index (χ2v) is 7.71. The smallest absolute Gasteiger partial charge is 0.225 e.